The SMILES string of the molecule is COC(=O)c1sc2ncnc(Nc3ccc(Cl)c(C(=O)O)c3)c2c1C. The number of carboxylic acids is 1. The molecule has 0 radical (unpaired) electrons. The number of esters is 1. The van der Waals surface area contributed by atoms with Gasteiger partial charge in [0.15, 0.2) is 0 Å². The molecule has 2 heterocycles. The third kappa shape index (κ3) is 3.13. The number of carbonyl (C=O) groups is 2. The van der Waals surface area contributed by atoms with E-state index in [9.17, 15) is 14.7 Å². The number of benzene rings is 1. The molecule has 2 aromatic heterocycles. The molecule has 0 fully saturated rings. The summed E-state index contributed by atoms with van der Waals surface area (Å²) in [5.74, 6) is -1.10. The van der Waals surface area contributed by atoms with Crippen molar-refractivity contribution in [2.45, 2.75) is 6.92 Å². The Balaban J connectivity index is 2.08. The maximum atomic E-state index is 11.9. The van der Waals surface area contributed by atoms with Gasteiger partial charge in [0.1, 0.15) is 21.9 Å². The molecule has 25 heavy (non-hydrogen) atoms. The summed E-state index contributed by atoms with van der Waals surface area (Å²) in [4.78, 5) is 32.6. The lowest BCUT2D eigenvalue weighted by Gasteiger charge is -2.09. The molecule has 0 saturated carbocycles. The molecule has 7 nitrogen and oxygen atoms in total. The van der Waals surface area contributed by atoms with Gasteiger partial charge < -0.3 is 15.2 Å². The van der Waals surface area contributed by atoms with Crippen LogP contribution in [0.1, 0.15) is 25.6 Å². The highest BCUT2D eigenvalue weighted by molar-refractivity contribution is 7.20. The molecule has 9 heteroatoms. The lowest BCUT2D eigenvalue weighted by Crippen LogP contribution is -2.01. The van der Waals surface area contributed by atoms with Crippen LogP contribution in [0.4, 0.5) is 11.5 Å². The maximum absolute atomic E-state index is 11.9. The minimum absolute atomic E-state index is 0.0192. The Labute approximate surface area is 151 Å². The average molecular weight is 378 g/mol. The van der Waals surface area contributed by atoms with Crippen molar-refractivity contribution in [2.75, 3.05) is 12.4 Å². The van der Waals surface area contributed by atoms with Crippen molar-refractivity contribution in [3.63, 3.8) is 0 Å². The normalized spacial score (nSPS) is 10.7. The Morgan fingerprint density at radius 2 is 2.08 bits per heavy atom. The van der Waals surface area contributed by atoms with Crippen LogP contribution in [0.25, 0.3) is 10.2 Å². The van der Waals surface area contributed by atoms with Gasteiger partial charge in [0.05, 0.1) is 23.1 Å². The maximum Gasteiger partial charge on any atom is 0.348 e. The predicted molar refractivity (Wildman–Crippen MR) is 95.2 cm³/mol. The van der Waals surface area contributed by atoms with Crippen molar-refractivity contribution in [1.29, 1.82) is 0 Å². The van der Waals surface area contributed by atoms with Gasteiger partial charge in [-0.2, -0.15) is 0 Å². The van der Waals surface area contributed by atoms with E-state index >= 15 is 0 Å². The molecule has 0 atom stereocenters. The van der Waals surface area contributed by atoms with Crippen LogP contribution in [0.15, 0.2) is 24.5 Å². The smallest absolute Gasteiger partial charge is 0.348 e. The summed E-state index contributed by atoms with van der Waals surface area (Å²) in [6, 6.07) is 4.55. The van der Waals surface area contributed by atoms with Crippen LogP contribution in [0.5, 0.6) is 0 Å². The average Bonchev–Trinajstić information content (AvgIpc) is 2.93. The van der Waals surface area contributed by atoms with Gasteiger partial charge in [-0.25, -0.2) is 19.6 Å². The van der Waals surface area contributed by atoms with Crippen LogP contribution < -0.4 is 5.32 Å². The highest BCUT2D eigenvalue weighted by Crippen LogP contribution is 2.35. The lowest BCUT2D eigenvalue weighted by atomic mass is 10.1. The molecule has 0 bridgehead atoms. The Morgan fingerprint density at radius 3 is 2.76 bits per heavy atom. The zero-order valence-corrected chi connectivity index (χ0v) is 14.7. The van der Waals surface area contributed by atoms with Gasteiger partial charge in [-0.15, -0.1) is 11.3 Å². The second-order valence-corrected chi connectivity index (χ2v) is 6.48. The van der Waals surface area contributed by atoms with Gasteiger partial charge in [-0.1, -0.05) is 11.6 Å². The Bertz CT molecular complexity index is 1000. The molecule has 0 aliphatic heterocycles. The third-order valence-corrected chi connectivity index (χ3v) is 5.07. The lowest BCUT2D eigenvalue weighted by molar-refractivity contribution is 0.0604. The van der Waals surface area contributed by atoms with Crippen LogP contribution in [0.3, 0.4) is 0 Å². The summed E-state index contributed by atoms with van der Waals surface area (Å²) in [6.07, 6.45) is 1.37. The first-order chi connectivity index (χ1) is 11.9. The molecule has 2 N–H and O–H groups in total. The van der Waals surface area contributed by atoms with Crippen molar-refractivity contribution < 1.29 is 19.4 Å². The second kappa shape index (κ2) is 6.66. The Hall–Kier alpha value is -2.71. The summed E-state index contributed by atoms with van der Waals surface area (Å²) in [5, 5.41) is 13.1. The summed E-state index contributed by atoms with van der Waals surface area (Å²) in [5.41, 5.74) is 1.18. The fourth-order valence-electron chi connectivity index (χ4n) is 2.36. The quantitative estimate of drug-likeness (QED) is 0.665. The van der Waals surface area contributed by atoms with E-state index in [-0.39, 0.29) is 10.6 Å². The van der Waals surface area contributed by atoms with Gasteiger partial charge in [0, 0.05) is 5.69 Å². The van der Waals surface area contributed by atoms with Gasteiger partial charge >= 0.3 is 11.9 Å². The molecule has 0 unspecified atom stereocenters. The number of carboxylic acid groups (broad SMARTS) is 1. The number of aryl methyl sites for hydroxylation is 1. The first kappa shape index (κ1) is 17.1. The Kier molecular flexibility index (Phi) is 4.56. The summed E-state index contributed by atoms with van der Waals surface area (Å²) < 4.78 is 4.78. The van der Waals surface area contributed by atoms with Gasteiger partial charge in [0.25, 0.3) is 0 Å². The van der Waals surface area contributed by atoms with E-state index in [2.05, 4.69) is 15.3 Å². The number of halogens is 1. The predicted octanol–water partition coefficient (Wildman–Crippen LogP) is 3.88. The second-order valence-electron chi connectivity index (χ2n) is 5.07. The van der Waals surface area contributed by atoms with Gasteiger partial charge in [-0.05, 0) is 30.7 Å². The van der Waals surface area contributed by atoms with E-state index in [0.717, 1.165) is 0 Å². The standard InChI is InChI=1S/C16H12ClN3O4S/c1-7-11-13(18-6-19-14(11)25-12(7)16(23)24-2)20-8-3-4-10(17)9(5-8)15(21)22/h3-6H,1-2H3,(H,21,22)(H,18,19,20). The number of aromatic carboxylic acids is 1. The van der Waals surface area contributed by atoms with Crippen LogP contribution in [-0.2, 0) is 4.74 Å². The van der Waals surface area contributed by atoms with Crippen LogP contribution in [-0.4, -0.2) is 34.1 Å². The zero-order valence-electron chi connectivity index (χ0n) is 13.2. The van der Waals surface area contributed by atoms with E-state index in [4.69, 9.17) is 16.3 Å². The molecule has 3 aromatic rings. The zero-order chi connectivity index (χ0) is 18.1. The van der Waals surface area contributed by atoms with E-state index in [0.29, 0.717) is 32.2 Å². The molecule has 0 saturated heterocycles. The molecule has 0 amide bonds. The number of thiophene rings is 1. The van der Waals surface area contributed by atoms with Gasteiger partial charge in [-0.3, -0.25) is 0 Å². The number of aromatic nitrogens is 2. The highest BCUT2D eigenvalue weighted by atomic mass is 35.5. The number of ether oxygens (including phenoxy) is 1. The summed E-state index contributed by atoms with van der Waals surface area (Å²) in [6.45, 7) is 1.78. The molecular weight excluding hydrogens is 366 g/mol. The van der Waals surface area contributed by atoms with Crippen LogP contribution >= 0.6 is 22.9 Å². The molecule has 0 spiro atoms. The van der Waals surface area contributed by atoms with E-state index in [1.807, 2.05) is 0 Å². The molecule has 128 valence electrons. The van der Waals surface area contributed by atoms with Crippen molar-refractivity contribution in [3.05, 3.63) is 45.6 Å². The number of anilines is 2. The highest BCUT2D eigenvalue weighted by Gasteiger charge is 2.20. The van der Waals surface area contributed by atoms with Crippen molar-refractivity contribution in [2.24, 2.45) is 0 Å². The monoisotopic (exact) mass is 377 g/mol. The first-order valence-corrected chi connectivity index (χ1v) is 8.24. The van der Waals surface area contributed by atoms with Crippen molar-refractivity contribution >= 4 is 56.6 Å². The minimum atomic E-state index is -1.12. The summed E-state index contributed by atoms with van der Waals surface area (Å²) in [7, 11) is 1.32. The fourth-order valence-corrected chi connectivity index (χ4v) is 3.62. The van der Waals surface area contributed by atoms with Crippen molar-refractivity contribution in [3.8, 4) is 0 Å². The topological polar surface area (TPSA) is 101 Å². The molecule has 1 aromatic carbocycles. The number of nitrogens with zero attached hydrogens (tertiary/aromatic N) is 2. The van der Waals surface area contributed by atoms with Gasteiger partial charge in [0.2, 0.25) is 0 Å². The minimum Gasteiger partial charge on any atom is -0.478 e. The number of carbonyl (C=O) groups excluding carboxylic acids is 1. The number of methoxy groups -OCH3 is 1. The number of nitrogens with one attached hydrogen (secondary N) is 1. The van der Waals surface area contributed by atoms with Crippen LogP contribution in [0.2, 0.25) is 5.02 Å². The molecule has 3 rings (SSSR count). The largest absolute Gasteiger partial charge is 0.478 e. The number of hydrogen-bond donors (Lipinski definition) is 2. The molecule has 0 aliphatic rings. The van der Waals surface area contributed by atoms with E-state index in [1.54, 1.807) is 13.0 Å². The van der Waals surface area contributed by atoms with E-state index in [1.165, 1.54) is 36.9 Å². The summed E-state index contributed by atoms with van der Waals surface area (Å²) >= 11 is 7.10. The number of hydrogen-bond acceptors (Lipinski definition) is 7. The fraction of sp³-hybridized carbons (Fsp3) is 0.125. The third-order valence-electron chi connectivity index (χ3n) is 3.56. The number of rotatable bonds is 4. The molecular formula is C16H12ClN3O4S. The number of fused-ring (bicyclic) bond motifs is 1. The van der Waals surface area contributed by atoms with Crippen molar-refractivity contribution in [1.82, 2.24) is 9.97 Å². The van der Waals surface area contributed by atoms with Crippen LogP contribution in [0, 0.1) is 6.92 Å². The van der Waals surface area contributed by atoms with E-state index < -0.39 is 11.9 Å². The Morgan fingerprint density at radius 1 is 1.32 bits per heavy atom. The first-order valence-electron chi connectivity index (χ1n) is 7.04. The molecule has 0 aliphatic carbocycles.